The van der Waals surface area contributed by atoms with E-state index in [1.54, 1.807) is 0 Å². The fourth-order valence-corrected chi connectivity index (χ4v) is 4.77. The summed E-state index contributed by atoms with van der Waals surface area (Å²) in [5, 5.41) is 9.11. The van der Waals surface area contributed by atoms with Gasteiger partial charge in [0.2, 0.25) is 0 Å². The normalized spacial score (nSPS) is 51.7. The van der Waals surface area contributed by atoms with Crippen LogP contribution in [0.5, 0.6) is 0 Å². The van der Waals surface area contributed by atoms with Gasteiger partial charge in [-0.2, -0.15) is 5.26 Å². The van der Waals surface area contributed by atoms with E-state index >= 15 is 0 Å². The predicted molar refractivity (Wildman–Crippen MR) is 62.1 cm³/mol. The zero-order chi connectivity index (χ0) is 11.5. The molecule has 15 heavy (non-hydrogen) atoms. The van der Waals surface area contributed by atoms with Crippen molar-refractivity contribution in [3.05, 3.63) is 0 Å². The first kappa shape index (κ1) is 11.0. The van der Waals surface area contributed by atoms with Gasteiger partial charge in [-0.25, -0.2) is 0 Å². The Balaban J connectivity index is 2.44. The number of rotatable bonds is 1. The summed E-state index contributed by atoms with van der Waals surface area (Å²) in [5.41, 5.74) is 1.07. The van der Waals surface area contributed by atoms with Crippen molar-refractivity contribution in [2.24, 2.45) is 28.1 Å². The van der Waals surface area contributed by atoms with E-state index in [1.807, 2.05) is 0 Å². The van der Waals surface area contributed by atoms with Crippen LogP contribution in [0, 0.1) is 39.4 Å². The van der Waals surface area contributed by atoms with Gasteiger partial charge < -0.3 is 0 Å². The van der Waals surface area contributed by atoms with Gasteiger partial charge in [0.15, 0.2) is 0 Å². The quantitative estimate of drug-likeness (QED) is 0.634. The van der Waals surface area contributed by atoms with Crippen LogP contribution in [0.3, 0.4) is 0 Å². The van der Waals surface area contributed by atoms with E-state index in [0.29, 0.717) is 16.2 Å². The predicted octanol–water partition coefficient (Wildman–Crippen LogP) is 4.00. The number of hydrogen-bond donors (Lipinski definition) is 0. The SMILES string of the molecule is CC1CCC2(C)C(C)C2(CC#N)C1(C)C. The maximum atomic E-state index is 9.11. The Hall–Kier alpha value is -0.510. The topological polar surface area (TPSA) is 23.8 Å². The Kier molecular flexibility index (Phi) is 2.04. The molecule has 0 heterocycles. The van der Waals surface area contributed by atoms with Crippen molar-refractivity contribution < 1.29 is 0 Å². The summed E-state index contributed by atoms with van der Waals surface area (Å²) in [4.78, 5) is 0. The van der Waals surface area contributed by atoms with Gasteiger partial charge in [-0.05, 0) is 40.9 Å². The molecule has 0 amide bonds. The third kappa shape index (κ3) is 0.942. The molecular weight excluding hydrogens is 182 g/mol. The minimum atomic E-state index is 0.298. The van der Waals surface area contributed by atoms with Crippen LogP contribution >= 0.6 is 0 Å². The lowest BCUT2D eigenvalue weighted by atomic mass is 9.57. The Labute approximate surface area is 93.9 Å². The molecule has 0 aromatic heterocycles. The van der Waals surface area contributed by atoms with Crippen LogP contribution in [0.1, 0.15) is 53.9 Å². The minimum Gasteiger partial charge on any atom is -0.198 e. The maximum Gasteiger partial charge on any atom is 0.0628 e. The Bertz CT molecular complexity index is 325. The molecule has 0 saturated heterocycles. The minimum absolute atomic E-state index is 0.298. The summed E-state index contributed by atoms with van der Waals surface area (Å²) >= 11 is 0. The van der Waals surface area contributed by atoms with Crippen molar-refractivity contribution in [1.29, 1.82) is 5.26 Å². The fourth-order valence-electron chi connectivity index (χ4n) is 4.77. The second kappa shape index (κ2) is 2.78. The average molecular weight is 205 g/mol. The molecule has 4 atom stereocenters. The Morgan fingerprint density at radius 1 is 1.27 bits per heavy atom. The lowest BCUT2D eigenvalue weighted by molar-refractivity contribution is 0.0230. The molecule has 84 valence electrons. The smallest absolute Gasteiger partial charge is 0.0628 e. The number of nitriles is 1. The molecule has 0 radical (unpaired) electrons. The van der Waals surface area contributed by atoms with Gasteiger partial charge in [-0.1, -0.05) is 34.6 Å². The number of hydrogen-bond acceptors (Lipinski definition) is 1. The van der Waals surface area contributed by atoms with Crippen molar-refractivity contribution in [2.45, 2.75) is 53.9 Å². The molecule has 4 unspecified atom stereocenters. The van der Waals surface area contributed by atoms with Gasteiger partial charge in [0.05, 0.1) is 6.07 Å². The lowest BCUT2D eigenvalue weighted by Gasteiger charge is -2.46. The molecule has 1 heteroatoms. The summed E-state index contributed by atoms with van der Waals surface area (Å²) in [7, 11) is 0. The first-order chi connectivity index (χ1) is 6.84. The molecule has 0 N–H and O–H groups in total. The van der Waals surface area contributed by atoms with E-state index in [2.05, 4.69) is 40.7 Å². The third-order valence-electron chi connectivity index (χ3n) is 6.47. The highest BCUT2D eigenvalue weighted by Crippen LogP contribution is 2.83. The van der Waals surface area contributed by atoms with Gasteiger partial charge in [-0.15, -0.1) is 0 Å². The van der Waals surface area contributed by atoms with Crippen LogP contribution in [-0.2, 0) is 0 Å². The van der Waals surface area contributed by atoms with E-state index in [4.69, 9.17) is 5.26 Å². The highest BCUT2D eigenvalue weighted by molar-refractivity contribution is 5.27. The van der Waals surface area contributed by atoms with Crippen LogP contribution in [0.15, 0.2) is 0 Å². The van der Waals surface area contributed by atoms with Crippen LogP contribution in [0.4, 0.5) is 0 Å². The van der Waals surface area contributed by atoms with E-state index in [0.717, 1.165) is 18.3 Å². The third-order valence-corrected chi connectivity index (χ3v) is 6.47. The molecule has 2 rings (SSSR count). The van der Waals surface area contributed by atoms with Crippen molar-refractivity contribution in [1.82, 2.24) is 0 Å². The summed E-state index contributed by atoms with van der Waals surface area (Å²) in [5.74, 6) is 1.48. The van der Waals surface area contributed by atoms with Crippen LogP contribution in [0.2, 0.25) is 0 Å². The maximum absolute atomic E-state index is 9.11. The van der Waals surface area contributed by atoms with Gasteiger partial charge >= 0.3 is 0 Å². The van der Waals surface area contributed by atoms with Gasteiger partial charge in [-0.3, -0.25) is 0 Å². The standard InChI is InChI=1S/C14H23N/c1-10-6-7-13(5)11(2)14(13,8-9-15)12(10,3)4/h10-11H,6-8H2,1-5H3. The molecule has 2 aliphatic carbocycles. The largest absolute Gasteiger partial charge is 0.198 e. The molecule has 2 saturated carbocycles. The van der Waals surface area contributed by atoms with Crippen LogP contribution in [0.25, 0.3) is 0 Å². The summed E-state index contributed by atoms with van der Waals surface area (Å²) in [6, 6.07) is 2.45. The molecule has 0 aromatic carbocycles. The molecular formula is C14H23N. The van der Waals surface area contributed by atoms with E-state index in [-0.39, 0.29) is 0 Å². The first-order valence-electron chi connectivity index (χ1n) is 6.21. The van der Waals surface area contributed by atoms with Crippen molar-refractivity contribution >= 4 is 0 Å². The van der Waals surface area contributed by atoms with Crippen molar-refractivity contribution in [3.63, 3.8) is 0 Å². The molecule has 1 nitrogen and oxygen atoms in total. The zero-order valence-electron chi connectivity index (χ0n) is 10.7. The van der Waals surface area contributed by atoms with Gasteiger partial charge in [0.1, 0.15) is 0 Å². The Morgan fingerprint density at radius 3 is 2.40 bits per heavy atom. The zero-order valence-corrected chi connectivity index (χ0v) is 10.7. The number of fused-ring (bicyclic) bond motifs is 1. The molecule has 2 fully saturated rings. The van der Waals surface area contributed by atoms with E-state index in [1.165, 1.54) is 12.8 Å². The Morgan fingerprint density at radius 2 is 1.87 bits per heavy atom. The summed E-state index contributed by atoms with van der Waals surface area (Å²) in [6.07, 6.45) is 3.41. The molecule has 0 bridgehead atoms. The average Bonchev–Trinajstić information content (AvgIpc) is 2.64. The van der Waals surface area contributed by atoms with Crippen molar-refractivity contribution in [3.8, 4) is 6.07 Å². The van der Waals surface area contributed by atoms with E-state index < -0.39 is 0 Å². The highest BCUT2D eigenvalue weighted by atomic mass is 14.8. The van der Waals surface area contributed by atoms with E-state index in [9.17, 15) is 0 Å². The first-order valence-corrected chi connectivity index (χ1v) is 6.21. The fraction of sp³-hybridized carbons (Fsp3) is 0.929. The van der Waals surface area contributed by atoms with Crippen molar-refractivity contribution in [2.75, 3.05) is 0 Å². The molecule has 0 aromatic rings. The molecule has 2 aliphatic rings. The molecule has 0 spiro atoms. The summed E-state index contributed by atoms with van der Waals surface area (Å²) < 4.78 is 0. The monoisotopic (exact) mass is 205 g/mol. The van der Waals surface area contributed by atoms with Crippen LogP contribution in [-0.4, -0.2) is 0 Å². The van der Waals surface area contributed by atoms with Gasteiger partial charge in [0.25, 0.3) is 0 Å². The molecule has 0 aliphatic heterocycles. The second-order valence-corrected chi connectivity index (χ2v) is 6.61. The highest BCUT2D eigenvalue weighted by Gasteiger charge is 2.78. The number of nitrogens with zero attached hydrogens (tertiary/aromatic N) is 1. The lowest BCUT2D eigenvalue weighted by Crippen LogP contribution is -2.40. The second-order valence-electron chi connectivity index (χ2n) is 6.61. The van der Waals surface area contributed by atoms with Gasteiger partial charge in [0, 0.05) is 6.42 Å². The summed E-state index contributed by atoms with van der Waals surface area (Å²) in [6.45, 7) is 11.9. The van der Waals surface area contributed by atoms with Crippen LogP contribution < -0.4 is 0 Å².